The van der Waals surface area contributed by atoms with E-state index in [9.17, 15) is 0 Å². The first-order chi connectivity index (χ1) is 7.81. The quantitative estimate of drug-likeness (QED) is 0.686. The molecule has 1 aromatic heterocycles. The van der Waals surface area contributed by atoms with Gasteiger partial charge < -0.3 is 5.32 Å². The van der Waals surface area contributed by atoms with E-state index in [0.717, 1.165) is 32.5 Å². The number of hydrogen-bond donors (Lipinski definition) is 1. The summed E-state index contributed by atoms with van der Waals surface area (Å²) >= 11 is 0. The van der Waals surface area contributed by atoms with Crippen LogP contribution in [-0.2, 0) is 19.4 Å². The van der Waals surface area contributed by atoms with E-state index in [1.165, 1.54) is 24.2 Å². The van der Waals surface area contributed by atoms with Gasteiger partial charge in [0.1, 0.15) is 0 Å². The van der Waals surface area contributed by atoms with E-state index in [1.54, 1.807) is 0 Å². The van der Waals surface area contributed by atoms with Crippen LogP contribution in [0.25, 0.3) is 0 Å². The maximum absolute atomic E-state index is 4.61. The topological polar surface area (TPSA) is 29.9 Å². The average Bonchev–Trinajstić information content (AvgIpc) is 2.71. The molecule has 0 spiro atoms. The van der Waals surface area contributed by atoms with E-state index in [0.29, 0.717) is 0 Å². The van der Waals surface area contributed by atoms with Crippen LogP contribution < -0.4 is 5.32 Å². The summed E-state index contributed by atoms with van der Waals surface area (Å²) in [5.41, 5.74) is 2.60. The van der Waals surface area contributed by atoms with Gasteiger partial charge in [0, 0.05) is 12.2 Å². The van der Waals surface area contributed by atoms with Gasteiger partial charge in [0.2, 0.25) is 0 Å². The molecule has 0 aliphatic carbocycles. The summed E-state index contributed by atoms with van der Waals surface area (Å²) in [6, 6.07) is 2.24. The number of unbranched alkanes of at least 4 members (excludes halogenated alkanes) is 1. The second-order valence-electron chi connectivity index (χ2n) is 4.12. The fourth-order valence-electron chi connectivity index (χ4n) is 1.85. The van der Waals surface area contributed by atoms with Gasteiger partial charge in [0.25, 0.3) is 0 Å². The predicted molar refractivity (Wildman–Crippen MR) is 68.8 cm³/mol. The number of aromatic nitrogens is 2. The molecule has 16 heavy (non-hydrogen) atoms. The number of nitrogens with zero attached hydrogens (tertiary/aromatic N) is 2. The smallest absolute Gasteiger partial charge is 0.0624 e. The SMILES string of the molecule is CCNCCCCn1nc(CC)cc1CC. The van der Waals surface area contributed by atoms with Crippen LogP contribution in [0.1, 0.15) is 45.0 Å². The lowest BCUT2D eigenvalue weighted by Gasteiger charge is -2.06. The Balaban J connectivity index is 2.37. The largest absolute Gasteiger partial charge is 0.317 e. The third kappa shape index (κ3) is 3.97. The van der Waals surface area contributed by atoms with Gasteiger partial charge in [-0.3, -0.25) is 4.68 Å². The fraction of sp³-hybridized carbons (Fsp3) is 0.769. The maximum atomic E-state index is 4.61. The summed E-state index contributed by atoms with van der Waals surface area (Å²) in [7, 11) is 0. The molecule has 0 saturated carbocycles. The van der Waals surface area contributed by atoms with E-state index in [4.69, 9.17) is 0 Å². The number of rotatable bonds is 8. The lowest BCUT2D eigenvalue weighted by molar-refractivity contribution is 0.522. The van der Waals surface area contributed by atoms with E-state index in [1.807, 2.05) is 0 Å². The van der Waals surface area contributed by atoms with Gasteiger partial charge in [0.05, 0.1) is 5.69 Å². The molecule has 0 aliphatic heterocycles. The van der Waals surface area contributed by atoms with Crippen molar-refractivity contribution in [3.05, 3.63) is 17.5 Å². The van der Waals surface area contributed by atoms with Gasteiger partial charge in [-0.15, -0.1) is 0 Å². The van der Waals surface area contributed by atoms with Crippen molar-refractivity contribution in [1.82, 2.24) is 15.1 Å². The molecule has 92 valence electrons. The molecule has 0 bridgehead atoms. The number of hydrogen-bond acceptors (Lipinski definition) is 2. The first-order valence-corrected chi connectivity index (χ1v) is 6.58. The standard InChI is InChI=1S/C13H25N3/c1-4-12-11-13(5-2)16(15-12)10-8-7-9-14-6-3/h11,14H,4-10H2,1-3H3. The van der Waals surface area contributed by atoms with Crippen LogP contribution >= 0.6 is 0 Å². The molecule has 0 saturated heterocycles. The third-order valence-corrected chi connectivity index (χ3v) is 2.86. The molecule has 0 unspecified atom stereocenters. The van der Waals surface area contributed by atoms with Crippen molar-refractivity contribution in [2.24, 2.45) is 0 Å². The molecule has 1 heterocycles. The Hall–Kier alpha value is -0.830. The van der Waals surface area contributed by atoms with Gasteiger partial charge in [0.15, 0.2) is 0 Å². The Bertz CT molecular complexity index is 291. The number of nitrogens with one attached hydrogen (secondary N) is 1. The molecular weight excluding hydrogens is 198 g/mol. The summed E-state index contributed by atoms with van der Waals surface area (Å²) in [5, 5.41) is 7.96. The molecule has 3 nitrogen and oxygen atoms in total. The van der Waals surface area contributed by atoms with Gasteiger partial charge in [-0.2, -0.15) is 5.10 Å². The minimum absolute atomic E-state index is 1.04. The summed E-state index contributed by atoms with van der Waals surface area (Å²) < 4.78 is 2.19. The van der Waals surface area contributed by atoms with Crippen LogP contribution in [0, 0.1) is 0 Å². The zero-order valence-corrected chi connectivity index (χ0v) is 10.9. The predicted octanol–water partition coefficient (Wildman–Crippen LogP) is 2.40. The monoisotopic (exact) mass is 223 g/mol. The summed E-state index contributed by atoms with van der Waals surface area (Å²) in [6.07, 6.45) is 4.57. The van der Waals surface area contributed by atoms with Crippen LogP contribution in [0.4, 0.5) is 0 Å². The lowest BCUT2D eigenvalue weighted by atomic mass is 10.2. The van der Waals surface area contributed by atoms with Crippen LogP contribution in [0.15, 0.2) is 6.07 Å². The maximum Gasteiger partial charge on any atom is 0.0624 e. The highest BCUT2D eigenvalue weighted by molar-refractivity contribution is 5.10. The van der Waals surface area contributed by atoms with Crippen molar-refractivity contribution in [2.75, 3.05) is 13.1 Å². The van der Waals surface area contributed by atoms with E-state index in [-0.39, 0.29) is 0 Å². The first kappa shape index (κ1) is 13.2. The van der Waals surface area contributed by atoms with E-state index < -0.39 is 0 Å². The molecule has 0 atom stereocenters. The van der Waals surface area contributed by atoms with Crippen LogP contribution in [-0.4, -0.2) is 22.9 Å². The molecular formula is C13H25N3. The van der Waals surface area contributed by atoms with Gasteiger partial charge >= 0.3 is 0 Å². The zero-order valence-electron chi connectivity index (χ0n) is 10.9. The highest BCUT2D eigenvalue weighted by Crippen LogP contribution is 2.07. The van der Waals surface area contributed by atoms with Crippen molar-refractivity contribution >= 4 is 0 Å². The molecule has 0 radical (unpaired) electrons. The molecule has 0 aliphatic rings. The molecule has 0 fully saturated rings. The highest BCUT2D eigenvalue weighted by atomic mass is 15.3. The van der Waals surface area contributed by atoms with Crippen LogP contribution in [0.5, 0.6) is 0 Å². The second kappa shape index (κ2) is 7.44. The molecule has 1 N–H and O–H groups in total. The Kier molecular flexibility index (Phi) is 6.16. The fourth-order valence-corrected chi connectivity index (χ4v) is 1.85. The van der Waals surface area contributed by atoms with Gasteiger partial charge in [-0.1, -0.05) is 20.8 Å². The molecule has 0 amide bonds. The normalized spacial score (nSPS) is 10.9. The molecule has 3 heteroatoms. The highest BCUT2D eigenvalue weighted by Gasteiger charge is 2.04. The minimum atomic E-state index is 1.04. The lowest BCUT2D eigenvalue weighted by Crippen LogP contribution is -2.15. The first-order valence-electron chi connectivity index (χ1n) is 6.58. The van der Waals surface area contributed by atoms with Crippen molar-refractivity contribution in [2.45, 2.75) is 53.0 Å². The molecule has 1 rings (SSSR count). The minimum Gasteiger partial charge on any atom is -0.317 e. The van der Waals surface area contributed by atoms with Crippen LogP contribution in [0.3, 0.4) is 0 Å². The van der Waals surface area contributed by atoms with Crippen molar-refractivity contribution in [3.8, 4) is 0 Å². The summed E-state index contributed by atoms with van der Waals surface area (Å²) in [6.45, 7) is 9.77. The Morgan fingerprint density at radius 2 is 2.00 bits per heavy atom. The van der Waals surface area contributed by atoms with Crippen molar-refractivity contribution < 1.29 is 0 Å². The van der Waals surface area contributed by atoms with Crippen molar-refractivity contribution in [1.29, 1.82) is 0 Å². The summed E-state index contributed by atoms with van der Waals surface area (Å²) in [4.78, 5) is 0. The third-order valence-electron chi connectivity index (χ3n) is 2.86. The van der Waals surface area contributed by atoms with E-state index in [2.05, 4.69) is 41.9 Å². The average molecular weight is 223 g/mol. The Morgan fingerprint density at radius 1 is 1.19 bits per heavy atom. The second-order valence-corrected chi connectivity index (χ2v) is 4.12. The molecule has 1 aromatic rings. The van der Waals surface area contributed by atoms with Crippen molar-refractivity contribution in [3.63, 3.8) is 0 Å². The van der Waals surface area contributed by atoms with Gasteiger partial charge in [-0.05, 0) is 44.8 Å². The van der Waals surface area contributed by atoms with E-state index >= 15 is 0 Å². The summed E-state index contributed by atoms with van der Waals surface area (Å²) in [5.74, 6) is 0. The van der Waals surface area contributed by atoms with Crippen LogP contribution in [0.2, 0.25) is 0 Å². The van der Waals surface area contributed by atoms with Gasteiger partial charge in [-0.25, -0.2) is 0 Å². The molecule has 0 aromatic carbocycles. The number of aryl methyl sites for hydroxylation is 3. The Morgan fingerprint density at radius 3 is 2.62 bits per heavy atom. The Labute approximate surface area is 99.2 Å². The zero-order chi connectivity index (χ0) is 11.8.